The summed E-state index contributed by atoms with van der Waals surface area (Å²) in [6, 6.07) is 0.436. The van der Waals surface area contributed by atoms with Crippen molar-refractivity contribution in [3.05, 3.63) is 0 Å². The smallest absolute Gasteiger partial charge is 0.233 e. The van der Waals surface area contributed by atoms with Crippen molar-refractivity contribution in [3.63, 3.8) is 0 Å². The number of carbonyl (C=O) groups is 1. The van der Waals surface area contributed by atoms with E-state index >= 15 is 0 Å². The van der Waals surface area contributed by atoms with Crippen LogP contribution in [0.1, 0.15) is 33.1 Å². The zero-order valence-electron chi connectivity index (χ0n) is 9.71. The highest BCUT2D eigenvalue weighted by molar-refractivity contribution is 5.77. The van der Waals surface area contributed by atoms with E-state index in [4.69, 9.17) is 4.74 Å². The summed E-state index contributed by atoms with van der Waals surface area (Å²) in [6.07, 6.45) is 3.45. The molecule has 1 heterocycles. The highest BCUT2D eigenvalue weighted by atomic mass is 16.5. The topological polar surface area (TPSA) is 50.4 Å². The van der Waals surface area contributed by atoms with E-state index in [0.717, 1.165) is 25.9 Å². The lowest BCUT2D eigenvalue weighted by molar-refractivity contribution is -0.120. The summed E-state index contributed by atoms with van der Waals surface area (Å²) in [5.41, 5.74) is 0. The minimum atomic E-state index is 0.0806. The quantitative estimate of drug-likeness (QED) is 0.707. The number of rotatable bonds is 5. The van der Waals surface area contributed by atoms with Crippen molar-refractivity contribution in [1.82, 2.24) is 10.6 Å². The molecule has 0 aliphatic carbocycles. The van der Waals surface area contributed by atoms with E-state index < -0.39 is 0 Å². The number of nitrogens with one attached hydrogen (secondary N) is 2. The van der Waals surface area contributed by atoms with Gasteiger partial charge >= 0.3 is 0 Å². The molecule has 0 aromatic carbocycles. The van der Waals surface area contributed by atoms with Crippen LogP contribution in [0.15, 0.2) is 0 Å². The summed E-state index contributed by atoms with van der Waals surface area (Å²) in [7, 11) is 0. The Morgan fingerprint density at radius 1 is 1.47 bits per heavy atom. The SMILES string of the molecule is CCNC(=O)CNC1CCOC(CC)C1. The molecular formula is C11H22N2O2. The molecule has 0 spiro atoms. The van der Waals surface area contributed by atoms with Gasteiger partial charge in [0.15, 0.2) is 0 Å². The lowest BCUT2D eigenvalue weighted by Gasteiger charge is -2.29. The second kappa shape index (κ2) is 6.80. The maximum atomic E-state index is 11.2. The van der Waals surface area contributed by atoms with E-state index in [-0.39, 0.29) is 5.91 Å². The summed E-state index contributed by atoms with van der Waals surface area (Å²) in [5, 5.41) is 6.06. The summed E-state index contributed by atoms with van der Waals surface area (Å²) < 4.78 is 5.57. The summed E-state index contributed by atoms with van der Waals surface area (Å²) >= 11 is 0. The van der Waals surface area contributed by atoms with Crippen molar-refractivity contribution in [2.45, 2.75) is 45.3 Å². The molecule has 2 unspecified atom stereocenters. The van der Waals surface area contributed by atoms with E-state index in [0.29, 0.717) is 25.2 Å². The normalized spacial score (nSPS) is 26.3. The molecule has 1 saturated heterocycles. The van der Waals surface area contributed by atoms with Crippen molar-refractivity contribution in [2.75, 3.05) is 19.7 Å². The van der Waals surface area contributed by atoms with Gasteiger partial charge in [-0.05, 0) is 26.2 Å². The molecule has 1 amide bonds. The maximum absolute atomic E-state index is 11.2. The first kappa shape index (κ1) is 12.5. The molecular weight excluding hydrogens is 192 g/mol. The first-order valence-electron chi connectivity index (χ1n) is 5.88. The fraction of sp³-hybridized carbons (Fsp3) is 0.909. The predicted octanol–water partition coefficient (Wildman–Crippen LogP) is 0.670. The first-order chi connectivity index (χ1) is 7.26. The Hall–Kier alpha value is -0.610. The minimum Gasteiger partial charge on any atom is -0.378 e. The van der Waals surface area contributed by atoms with Gasteiger partial charge in [0.2, 0.25) is 5.91 Å². The van der Waals surface area contributed by atoms with Gasteiger partial charge in [0.25, 0.3) is 0 Å². The van der Waals surface area contributed by atoms with Crippen LogP contribution in [0, 0.1) is 0 Å². The van der Waals surface area contributed by atoms with Gasteiger partial charge in [-0.15, -0.1) is 0 Å². The van der Waals surface area contributed by atoms with Crippen molar-refractivity contribution in [3.8, 4) is 0 Å². The van der Waals surface area contributed by atoms with Gasteiger partial charge < -0.3 is 15.4 Å². The van der Waals surface area contributed by atoms with Gasteiger partial charge in [0.05, 0.1) is 12.6 Å². The standard InChI is InChI=1S/C11H22N2O2/c1-3-10-7-9(5-6-15-10)13-8-11(14)12-4-2/h9-10,13H,3-8H2,1-2H3,(H,12,14). The van der Waals surface area contributed by atoms with E-state index in [2.05, 4.69) is 17.6 Å². The summed E-state index contributed by atoms with van der Waals surface area (Å²) in [5.74, 6) is 0.0806. The lowest BCUT2D eigenvalue weighted by Crippen LogP contribution is -2.43. The van der Waals surface area contributed by atoms with E-state index in [1.807, 2.05) is 6.92 Å². The molecule has 0 aromatic rings. The van der Waals surface area contributed by atoms with Gasteiger partial charge in [0.1, 0.15) is 0 Å². The van der Waals surface area contributed by atoms with Crippen LogP contribution in [0.5, 0.6) is 0 Å². The number of carbonyl (C=O) groups excluding carboxylic acids is 1. The number of ether oxygens (including phenoxy) is 1. The second-order valence-corrected chi connectivity index (χ2v) is 3.96. The molecule has 1 aliphatic heterocycles. The molecule has 1 fully saturated rings. The fourth-order valence-electron chi connectivity index (χ4n) is 1.85. The van der Waals surface area contributed by atoms with Crippen molar-refractivity contribution < 1.29 is 9.53 Å². The minimum absolute atomic E-state index is 0.0806. The predicted molar refractivity (Wildman–Crippen MR) is 59.7 cm³/mol. The third kappa shape index (κ3) is 4.62. The molecule has 2 N–H and O–H groups in total. The zero-order chi connectivity index (χ0) is 11.1. The van der Waals surface area contributed by atoms with Gasteiger partial charge in [-0.1, -0.05) is 6.92 Å². The molecule has 4 nitrogen and oxygen atoms in total. The second-order valence-electron chi connectivity index (χ2n) is 3.96. The Morgan fingerprint density at radius 3 is 2.93 bits per heavy atom. The zero-order valence-corrected chi connectivity index (χ0v) is 9.71. The average molecular weight is 214 g/mol. The summed E-state index contributed by atoms with van der Waals surface area (Å²) in [4.78, 5) is 11.2. The van der Waals surface area contributed by atoms with Gasteiger partial charge in [-0.3, -0.25) is 4.79 Å². The van der Waals surface area contributed by atoms with Crippen molar-refractivity contribution in [1.29, 1.82) is 0 Å². The van der Waals surface area contributed by atoms with E-state index in [1.54, 1.807) is 0 Å². The van der Waals surface area contributed by atoms with E-state index in [1.165, 1.54) is 0 Å². The molecule has 0 bridgehead atoms. The third-order valence-corrected chi connectivity index (χ3v) is 2.75. The molecule has 0 radical (unpaired) electrons. The first-order valence-corrected chi connectivity index (χ1v) is 5.88. The molecule has 15 heavy (non-hydrogen) atoms. The Bertz CT molecular complexity index is 197. The third-order valence-electron chi connectivity index (χ3n) is 2.75. The fourth-order valence-corrected chi connectivity index (χ4v) is 1.85. The number of hydrogen-bond acceptors (Lipinski definition) is 3. The summed E-state index contributed by atoms with van der Waals surface area (Å²) in [6.45, 7) is 6.00. The largest absolute Gasteiger partial charge is 0.378 e. The Labute approximate surface area is 91.8 Å². The van der Waals surface area contributed by atoms with Crippen LogP contribution >= 0.6 is 0 Å². The average Bonchev–Trinajstić information content (AvgIpc) is 2.27. The molecule has 4 heteroatoms. The lowest BCUT2D eigenvalue weighted by atomic mass is 10.0. The number of amides is 1. The molecule has 1 aliphatic rings. The molecule has 1 rings (SSSR count). The van der Waals surface area contributed by atoms with Crippen LogP contribution in [0.25, 0.3) is 0 Å². The van der Waals surface area contributed by atoms with Gasteiger partial charge in [-0.25, -0.2) is 0 Å². The van der Waals surface area contributed by atoms with E-state index in [9.17, 15) is 4.79 Å². The van der Waals surface area contributed by atoms with Crippen molar-refractivity contribution in [2.24, 2.45) is 0 Å². The Kier molecular flexibility index (Phi) is 5.65. The van der Waals surface area contributed by atoms with Crippen LogP contribution in [-0.2, 0) is 9.53 Å². The Balaban J connectivity index is 2.17. The van der Waals surface area contributed by atoms with Gasteiger partial charge in [0, 0.05) is 19.2 Å². The van der Waals surface area contributed by atoms with Crippen LogP contribution in [0.3, 0.4) is 0 Å². The van der Waals surface area contributed by atoms with Crippen LogP contribution in [-0.4, -0.2) is 37.7 Å². The monoisotopic (exact) mass is 214 g/mol. The Morgan fingerprint density at radius 2 is 2.27 bits per heavy atom. The van der Waals surface area contributed by atoms with Crippen LogP contribution < -0.4 is 10.6 Å². The molecule has 2 atom stereocenters. The molecule has 0 saturated carbocycles. The maximum Gasteiger partial charge on any atom is 0.233 e. The highest BCUT2D eigenvalue weighted by Crippen LogP contribution is 2.15. The molecule has 88 valence electrons. The van der Waals surface area contributed by atoms with Gasteiger partial charge in [-0.2, -0.15) is 0 Å². The number of likely N-dealkylation sites (N-methyl/N-ethyl adjacent to an activating group) is 1. The van der Waals surface area contributed by atoms with Crippen LogP contribution in [0.4, 0.5) is 0 Å². The van der Waals surface area contributed by atoms with Crippen molar-refractivity contribution >= 4 is 5.91 Å². The highest BCUT2D eigenvalue weighted by Gasteiger charge is 2.21. The number of hydrogen-bond donors (Lipinski definition) is 2. The van der Waals surface area contributed by atoms with Crippen LogP contribution in [0.2, 0.25) is 0 Å². The molecule has 0 aromatic heterocycles.